The Bertz CT molecular complexity index is 1480. The van der Waals surface area contributed by atoms with E-state index in [0.717, 1.165) is 0 Å². The molecule has 1 saturated carbocycles. The van der Waals surface area contributed by atoms with Crippen molar-refractivity contribution in [1.82, 2.24) is 19.9 Å². The van der Waals surface area contributed by atoms with E-state index < -0.39 is 36.6 Å². The first-order chi connectivity index (χ1) is 18.6. The quantitative estimate of drug-likeness (QED) is 0.399. The number of aromatic nitrogens is 3. The van der Waals surface area contributed by atoms with Crippen LogP contribution in [0.1, 0.15) is 12.8 Å². The molecule has 39 heavy (non-hydrogen) atoms. The fourth-order valence-corrected chi connectivity index (χ4v) is 5.29. The minimum Gasteiger partial charge on any atom is -0.480 e. The van der Waals surface area contributed by atoms with Crippen molar-refractivity contribution >= 4 is 45.6 Å². The number of ether oxygens (including phenoxy) is 1. The molecule has 2 atom stereocenters. The van der Waals surface area contributed by atoms with Gasteiger partial charge in [0.1, 0.15) is 5.02 Å². The maximum atomic E-state index is 14.9. The Morgan fingerprint density at radius 3 is 2.82 bits per heavy atom. The van der Waals surface area contributed by atoms with Crippen LogP contribution in [-0.4, -0.2) is 65.2 Å². The number of nitrogens with one attached hydrogen (secondary N) is 3. The van der Waals surface area contributed by atoms with Gasteiger partial charge in [-0.3, -0.25) is 4.79 Å². The summed E-state index contributed by atoms with van der Waals surface area (Å²) in [5, 5.41) is 9.56. The van der Waals surface area contributed by atoms with Gasteiger partial charge < -0.3 is 30.2 Å². The molecule has 2 aromatic heterocycles. The van der Waals surface area contributed by atoms with E-state index in [-0.39, 0.29) is 40.7 Å². The number of benzene rings is 1. The van der Waals surface area contributed by atoms with E-state index in [9.17, 15) is 22.4 Å². The van der Waals surface area contributed by atoms with Crippen molar-refractivity contribution in [3.05, 3.63) is 39.8 Å². The number of anilines is 4. The van der Waals surface area contributed by atoms with Gasteiger partial charge in [0.15, 0.2) is 12.4 Å². The van der Waals surface area contributed by atoms with Gasteiger partial charge in [0, 0.05) is 37.8 Å². The van der Waals surface area contributed by atoms with E-state index in [0.29, 0.717) is 42.5 Å². The smallest absolute Gasteiger partial charge is 0.301 e. The second-order valence-electron chi connectivity index (χ2n) is 10.1. The molecule has 1 aromatic carbocycles. The Balaban J connectivity index is 1.36. The maximum Gasteiger partial charge on any atom is 0.301 e. The highest BCUT2D eigenvalue weighted by Gasteiger charge is 2.51. The minimum atomic E-state index is -3.15. The standard InChI is InChI=1S/C25H26ClF4N7O2/c1-36-17-5-4-13(33-22-15(26)9-32-24(35-22)37-7-6-31-16(10-37)21(27)28)8-14(17)18-19(23(36)38)39-11-25(29,30)20(34-18)12-2-3-12/h4-5,8-9,12,16,20-21,31,34H,2-3,6-7,10-11H2,1H3,(H,32,33,35)/t16?,20-/m0/s1. The lowest BCUT2D eigenvalue weighted by Crippen LogP contribution is -2.54. The summed E-state index contributed by atoms with van der Waals surface area (Å²) in [7, 11) is 1.55. The molecule has 4 heterocycles. The van der Waals surface area contributed by atoms with Gasteiger partial charge in [-0.1, -0.05) is 11.6 Å². The molecule has 208 valence electrons. The summed E-state index contributed by atoms with van der Waals surface area (Å²) in [5.74, 6) is -3.01. The molecule has 3 N–H and O–H groups in total. The van der Waals surface area contributed by atoms with Crippen LogP contribution in [0.25, 0.3) is 10.9 Å². The summed E-state index contributed by atoms with van der Waals surface area (Å²) in [6.07, 6.45) is 0.217. The maximum absolute atomic E-state index is 14.9. The fourth-order valence-electron chi connectivity index (χ4n) is 5.15. The van der Waals surface area contributed by atoms with Crippen molar-refractivity contribution in [3.63, 3.8) is 0 Å². The van der Waals surface area contributed by atoms with Crippen molar-refractivity contribution in [2.45, 2.75) is 37.3 Å². The molecule has 14 heteroatoms. The highest BCUT2D eigenvalue weighted by atomic mass is 35.5. The number of hydrogen-bond donors (Lipinski definition) is 3. The van der Waals surface area contributed by atoms with Crippen LogP contribution in [0.4, 0.5) is 40.7 Å². The van der Waals surface area contributed by atoms with Crippen molar-refractivity contribution in [2.24, 2.45) is 13.0 Å². The topological polar surface area (TPSA) is 96.3 Å². The average Bonchev–Trinajstić information content (AvgIpc) is 3.76. The highest BCUT2D eigenvalue weighted by molar-refractivity contribution is 6.32. The second-order valence-corrected chi connectivity index (χ2v) is 10.5. The van der Waals surface area contributed by atoms with Crippen LogP contribution in [0.3, 0.4) is 0 Å². The number of alkyl halides is 4. The molecule has 0 bridgehead atoms. The lowest BCUT2D eigenvalue weighted by molar-refractivity contribution is -0.0579. The molecular formula is C25H26ClF4N7O2. The third-order valence-corrected chi connectivity index (χ3v) is 7.67. The number of fused-ring (bicyclic) bond motifs is 3. The van der Waals surface area contributed by atoms with Gasteiger partial charge in [0.2, 0.25) is 11.7 Å². The Morgan fingerprint density at radius 1 is 1.28 bits per heavy atom. The van der Waals surface area contributed by atoms with E-state index >= 15 is 0 Å². The molecule has 2 fully saturated rings. The molecule has 0 radical (unpaired) electrons. The molecule has 1 aliphatic carbocycles. The highest BCUT2D eigenvalue weighted by Crippen LogP contribution is 2.45. The second kappa shape index (κ2) is 9.70. The molecule has 3 aliphatic rings. The third-order valence-electron chi connectivity index (χ3n) is 7.40. The van der Waals surface area contributed by atoms with Crippen molar-refractivity contribution in [3.8, 4) is 5.75 Å². The van der Waals surface area contributed by atoms with Crippen LogP contribution in [0.15, 0.2) is 29.2 Å². The van der Waals surface area contributed by atoms with E-state index in [4.69, 9.17) is 16.3 Å². The number of pyridine rings is 1. The largest absolute Gasteiger partial charge is 0.480 e. The fraction of sp³-hybridized carbons (Fsp3) is 0.480. The van der Waals surface area contributed by atoms with Crippen LogP contribution in [0.2, 0.25) is 5.02 Å². The molecular weight excluding hydrogens is 542 g/mol. The van der Waals surface area contributed by atoms with Crippen molar-refractivity contribution < 1.29 is 22.3 Å². The zero-order chi connectivity index (χ0) is 27.5. The number of hydrogen-bond acceptors (Lipinski definition) is 8. The number of nitrogens with zero attached hydrogens (tertiary/aromatic N) is 4. The molecule has 6 rings (SSSR count). The number of rotatable bonds is 5. The predicted octanol–water partition coefficient (Wildman–Crippen LogP) is 3.99. The third kappa shape index (κ3) is 4.82. The number of piperazine rings is 1. The molecule has 3 aromatic rings. The zero-order valence-corrected chi connectivity index (χ0v) is 21.6. The first-order valence-electron chi connectivity index (χ1n) is 12.6. The van der Waals surface area contributed by atoms with E-state index in [2.05, 4.69) is 25.9 Å². The van der Waals surface area contributed by atoms with Crippen LogP contribution >= 0.6 is 11.6 Å². The summed E-state index contributed by atoms with van der Waals surface area (Å²) in [6, 6.07) is 2.94. The van der Waals surface area contributed by atoms with Gasteiger partial charge in [-0.2, -0.15) is 4.98 Å². The van der Waals surface area contributed by atoms with Gasteiger partial charge in [-0.05, 0) is 37.0 Å². The van der Waals surface area contributed by atoms with Gasteiger partial charge in [0.25, 0.3) is 12.0 Å². The summed E-state index contributed by atoms with van der Waals surface area (Å²) in [4.78, 5) is 23.3. The first kappa shape index (κ1) is 25.9. The first-order valence-corrected chi connectivity index (χ1v) is 13.0. The van der Waals surface area contributed by atoms with Crippen LogP contribution in [0.5, 0.6) is 5.75 Å². The summed E-state index contributed by atoms with van der Waals surface area (Å²) in [5.41, 5.74) is 0.744. The summed E-state index contributed by atoms with van der Waals surface area (Å²) in [6.45, 7) is -0.0505. The Labute approximate surface area is 225 Å². The van der Waals surface area contributed by atoms with Crippen LogP contribution in [-0.2, 0) is 7.05 Å². The average molecular weight is 568 g/mol. The predicted molar refractivity (Wildman–Crippen MR) is 140 cm³/mol. The molecule has 2 aliphatic heterocycles. The minimum absolute atomic E-state index is 0.0351. The van der Waals surface area contributed by atoms with Crippen LogP contribution < -0.4 is 31.1 Å². The summed E-state index contributed by atoms with van der Waals surface area (Å²) >= 11 is 6.36. The lowest BCUT2D eigenvalue weighted by atomic mass is 10.0. The number of halogens is 5. The van der Waals surface area contributed by atoms with Crippen molar-refractivity contribution in [1.29, 1.82) is 0 Å². The van der Waals surface area contributed by atoms with Gasteiger partial charge in [0.05, 0.1) is 29.5 Å². The monoisotopic (exact) mass is 567 g/mol. The van der Waals surface area contributed by atoms with E-state index in [1.54, 1.807) is 30.1 Å². The van der Waals surface area contributed by atoms with E-state index in [1.165, 1.54) is 10.8 Å². The molecule has 1 unspecified atom stereocenters. The summed E-state index contributed by atoms with van der Waals surface area (Å²) < 4.78 is 63.0. The molecule has 0 amide bonds. The van der Waals surface area contributed by atoms with Gasteiger partial charge in [-0.15, -0.1) is 0 Å². The normalized spacial score (nSPS) is 22.7. The zero-order valence-electron chi connectivity index (χ0n) is 20.9. The molecule has 9 nitrogen and oxygen atoms in total. The Hall–Kier alpha value is -3.32. The Morgan fingerprint density at radius 2 is 2.08 bits per heavy atom. The molecule has 1 saturated heterocycles. The van der Waals surface area contributed by atoms with Crippen molar-refractivity contribution in [2.75, 3.05) is 41.8 Å². The van der Waals surface area contributed by atoms with Gasteiger partial charge >= 0.3 is 5.92 Å². The van der Waals surface area contributed by atoms with E-state index in [1.807, 2.05) is 0 Å². The number of aryl methyl sites for hydroxylation is 1. The van der Waals surface area contributed by atoms with Gasteiger partial charge in [-0.25, -0.2) is 22.5 Å². The SMILES string of the molecule is Cn1c(=O)c2c(c3cc(Nc4nc(N5CCNC(C(F)F)C5)ncc4Cl)ccc31)N[C@@H](C1CC1)C(F)(F)CO2. The Kier molecular flexibility index (Phi) is 6.45. The van der Waals surface area contributed by atoms with Crippen LogP contribution in [0, 0.1) is 5.92 Å². The molecule has 0 spiro atoms. The lowest BCUT2D eigenvalue weighted by Gasteiger charge is -2.33.